The van der Waals surface area contributed by atoms with Crippen molar-refractivity contribution in [1.29, 1.82) is 0 Å². The predicted molar refractivity (Wildman–Crippen MR) is 87.8 cm³/mol. The molecule has 0 radical (unpaired) electrons. The summed E-state index contributed by atoms with van der Waals surface area (Å²) in [6.07, 6.45) is 8.81. The first kappa shape index (κ1) is 13.7. The zero-order valence-electron chi connectivity index (χ0n) is 12.8. The minimum atomic E-state index is 0.467. The van der Waals surface area contributed by atoms with Crippen molar-refractivity contribution in [3.05, 3.63) is 53.3 Å². The Morgan fingerprint density at radius 3 is 2.68 bits per heavy atom. The second-order valence-corrected chi connectivity index (χ2v) is 6.26. The van der Waals surface area contributed by atoms with Crippen LogP contribution in [0.15, 0.2) is 36.7 Å². The lowest BCUT2D eigenvalue weighted by Crippen LogP contribution is -2.21. The fraction of sp³-hybridized carbons (Fsp3) is 0.444. The number of fused-ring (bicyclic) bond motifs is 1. The Hall–Kier alpha value is -1.94. The topological polar surface area (TPSA) is 41.1 Å². The molecule has 2 heterocycles. The van der Waals surface area contributed by atoms with Crippen molar-refractivity contribution in [1.82, 2.24) is 15.3 Å². The third kappa shape index (κ3) is 2.71. The van der Waals surface area contributed by atoms with Crippen LogP contribution in [0.2, 0.25) is 0 Å². The molecule has 1 aromatic heterocycles. The van der Waals surface area contributed by atoms with E-state index in [1.54, 1.807) is 0 Å². The van der Waals surface area contributed by atoms with E-state index in [2.05, 4.69) is 44.5 Å². The lowest BCUT2D eigenvalue weighted by atomic mass is 10.1. The van der Waals surface area contributed by atoms with Gasteiger partial charge in [-0.2, -0.15) is 0 Å². The molecule has 114 valence electrons. The number of hydrogen-bond donors (Lipinski definition) is 1. The lowest BCUT2D eigenvalue weighted by molar-refractivity contribution is 0.529. The lowest BCUT2D eigenvalue weighted by Gasteiger charge is -2.16. The highest BCUT2D eigenvalue weighted by molar-refractivity contribution is 5.34. The summed E-state index contributed by atoms with van der Waals surface area (Å²) in [4.78, 5) is 11.3. The van der Waals surface area contributed by atoms with Gasteiger partial charge in [0.05, 0.1) is 0 Å². The molecule has 4 rings (SSSR count). The molecular weight excluding hydrogens is 272 g/mol. The Balaban J connectivity index is 1.38. The predicted octanol–water partition coefficient (Wildman–Crippen LogP) is 2.85. The molecular formula is C18H22N4. The highest BCUT2D eigenvalue weighted by Crippen LogP contribution is 2.30. The molecule has 0 unspecified atom stereocenters. The normalized spacial score (nSPS) is 20.4. The minimum Gasteiger partial charge on any atom is -0.341 e. The molecule has 4 nitrogen and oxygen atoms in total. The van der Waals surface area contributed by atoms with Gasteiger partial charge in [0.2, 0.25) is 5.95 Å². The van der Waals surface area contributed by atoms with Gasteiger partial charge < -0.3 is 10.2 Å². The van der Waals surface area contributed by atoms with Gasteiger partial charge in [-0.25, -0.2) is 9.97 Å². The van der Waals surface area contributed by atoms with Crippen LogP contribution in [-0.4, -0.2) is 23.1 Å². The molecule has 0 amide bonds. The summed E-state index contributed by atoms with van der Waals surface area (Å²) < 4.78 is 0. The van der Waals surface area contributed by atoms with Gasteiger partial charge in [-0.05, 0) is 36.8 Å². The molecule has 22 heavy (non-hydrogen) atoms. The average molecular weight is 294 g/mol. The largest absolute Gasteiger partial charge is 0.341 e. The fourth-order valence-corrected chi connectivity index (χ4v) is 3.53. The molecule has 0 bridgehead atoms. The van der Waals surface area contributed by atoms with Crippen molar-refractivity contribution in [2.75, 3.05) is 18.0 Å². The SMILES string of the molecule is c1ccc2c(c1)CC[C@@H]2NCc1cnc(N2CCCC2)nc1. The summed E-state index contributed by atoms with van der Waals surface area (Å²) in [5.74, 6) is 0.882. The minimum absolute atomic E-state index is 0.467. The van der Waals surface area contributed by atoms with Crippen molar-refractivity contribution in [3.63, 3.8) is 0 Å². The number of benzene rings is 1. The molecule has 1 fully saturated rings. The summed E-state index contributed by atoms with van der Waals surface area (Å²) in [5.41, 5.74) is 4.10. The van der Waals surface area contributed by atoms with Gasteiger partial charge >= 0.3 is 0 Å². The van der Waals surface area contributed by atoms with Crippen molar-refractivity contribution in [3.8, 4) is 0 Å². The monoisotopic (exact) mass is 294 g/mol. The Morgan fingerprint density at radius 1 is 1.09 bits per heavy atom. The van der Waals surface area contributed by atoms with E-state index in [9.17, 15) is 0 Å². The number of hydrogen-bond acceptors (Lipinski definition) is 4. The molecule has 1 N–H and O–H groups in total. The second-order valence-electron chi connectivity index (χ2n) is 6.26. The summed E-state index contributed by atoms with van der Waals surface area (Å²) in [5, 5.41) is 3.65. The number of aryl methyl sites for hydroxylation is 1. The van der Waals surface area contributed by atoms with Crippen LogP contribution in [0.3, 0.4) is 0 Å². The zero-order chi connectivity index (χ0) is 14.8. The molecule has 0 saturated carbocycles. The summed E-state index contributed by atoms with van der Waals surface area (Å²) in [6, 6.07) is 9.21. The molecule has 1 aliphatic carbocycles. The van der Waals surface area contributed by atoms with Crippen molar-refractivity contribution in [2.24, 2.45) is 0 Å². The van der Waals surface area contributed by atoms with Gasteiger partial charge in [0.15, 0.2) is 0 Å². The van der Waals surface area contributed by atoms with Crippen LogP contribution >= 0.6 is 0 Å². The van der Waals surface area contributed by atoms with E-state index in [-0.39, 0.29) is 0 Å². The van der Waals surface area contributed by atoms with Crippen LogP contribution in [0.5, 0.6) is 0 Å². The maximum atomic E-state index is 4.53. The summed E-state index contributed by atoms with van der Waals surface area (Å²) in [7, 11) is 0. The van der Waals surface area contributed by atoms with E-state index in [0.29, 0.717) is 6.04 Å². The summed E-state index contributed by atoms with van der Waals surface area (Å²) in [6.45, 7) is 3.02. The number of nitrogens with zero attached hydrogens (tertiary/aromatic N) is 3. The molecule has 2 aromatic rings. The first-order chi connectivity index (χ1) is 10.9. The van der Waals surface area contributed by atoms with E-state index in [4.69, 9.17) is 0 Å². The van der Waals surface area contributed by atoms with E-state index in [0.717, 1.165) is 31.1 Å². The van der Waals surface area contributed by atoms with E-state index in [1.165, 1.54) is 36.8 Å². The van der Waals surface area contributed by atoms with Crippen molar-refractivity contribution in [2.45, 2.75) is 38.3 Å². The number of aromatic nitrogens is 2. The van der Waals surface area contributed by atoms with Gasteiger partial charge in [-0.3, -0.25) is 0 Å². The number of rotatable bonds is 4. The van der Waals surface area contributed by atoms with E-state index >= 15 is 0 Å². The summed E-state index contributed by atoms with van der Waals surface area (Å²) >= 11 is 0. The number of nitrogens with one attached hydrogen (secondary N) is 1. The highest BCUT2D eigenvalue weighted by atomic mass is 15.3. The smallest absolute Gasteiger partial charge is 0.225 e. The van der Waals surface area contributed by atoms with Gasteiger partial charge in [0.25, 0.3) is 0 Å². The van der Waals surface area contributed by atoms with Crippen LogP contribution in [0.1, 0.15) is 42.0 Å². The second kappa shape index (κ2) is 6.05. The molecule has 1 saturated heterocycles. The Morgan fingerprint density at radius 2 is 1.86 bits per heavy atom. The van der Waals surface area contributed by atoms with E-state index in [1.807, 2.05) is 12.4 Å². The van der Waals surface area contributed by atoms with Crippen molar-refractivity contribution >= 4 is 5.95 Å². The zero-order valence-corrected chi connectivity index (χ0v) is 12.8. The van der Waals surface area contributed by atoms with Crippen LogP contribution < -0.4 is 10.2 Å². The van der Waals surface area contributed by atoms with Crippen LogP contribution in [-0.2, 0) is 13.0 Å². The van der Waals surface area contributed by atoms with Gasteiger partial charge in [-0.15, -0.1) is 0 Å². The van der Waals surface area contributed by atoms with E-state index < -0.39 is 0 Å². The third-order valence-corrected chi connectivity index (χ3v) is 4.77. The molecule has 1 aromatic carbocycles. The van der Waals surface area contributed by atoms with Gasteiger partial charge in [-0.1, -0.05) is 24.3 Å². The maximum absolute atomic E-state index is 4.53. The fourth-order valence-electron chi connectivity index (χ4n) is 3.53. The van der Waals surface area contributed by atoms with Gasteiger partial charge in [0.1, 0.15) is 0 Å². The van der Waals surface area contributed by atoms with Crippen LogP contribution in [0.25, 0.3) is 0 Å². The van der Waals surface area contributed by atoms with Gasteiger partial charge in [0, 0.05) is 43.6 Å². The Labute approximate surface area is 131 Å². The molecule has 2 aliphatic rings. The highest BCUT2D eigenvalue weighted by Gasteiger charge is 2.21. The number of anilines is 1. The van der Waals surface area contributed by atoms with Crippen molar-refractivity contribution < 1.29 is 0 Å². The average Bonchev–Trinajstić information content (AvgIpc) is 3.23. The maximum Gasteiger partial charge on any atom is 0.225 e. The quantitative estimate of drug-likeness (QED) is 0.941. The van der Waals surface area contributed by atoms with Crippen LogP contribution in [0.4, 0.5) is 5.95 Å². The third-order valence-electron chi connectivity index (χ3n) is 4.77. The Kier molecular flexibility index (Phi) is 3.77. The van der Waals surface area contributed by atoms with Crippen LogP contribution in [0, 0.1) is 0 Å². The standard InChI is InChI=1S/C18H22N4/c1-2-6-16-15(5-1)7-8-17(16)19-11-14-12-20-18(21-13-14)22-9-3-4-10-22/h1-2,5-6,12-13,17,19H,3-4,7-11H2/t17-/m0/s1. The molecule has 1 atom stereocenters. The Bertz CT molecular complexity index is 632. The first-order valence-corrected chi connectivity index (χ1v) is 8.27. The molecule has 1 aliphatic heterocycles. The first-order valence-electron chi connectivity index (χ1n) is 8.27. The molecule has 4 heteroatoms. The molecule has 0 spiro atoms.